The van der Waals surface area contributed by atoms with Gasteiger partial charge < -0.3 is 20.1 Å². The van der Waals surface area contributed by atoms with Crippen LogP contribution in [-0.2, 0) is 0 Å². The summed E-state index contributed by atoms with van der Waals surface area (Å²) >= 11 is 0. The lowest BCUT2D eigenvalue weighted by Gasteiger charge is -2.13. The maximum atomic E-state index is 5.38. The van der Waals surface area contributed by atoms with Gasteiger partial charge in [0.15, 0.2) is 11.6 Å². The lowest BCUT2D eigenvalue weighted by Crippen LogP contribution is -2.05. The second kappa shape index (κ2) is 6.60. The van der Waals surface area contributed by atoms with E-state index in [9.17, 15) is 0 Å². The largest absolute Gasteiger partial charge is 0.497 e. The topological polar surface area (TPSA) is 68.3 Å². The summed E-state index contributed by atoms with van der Waals surface area (Å²) in [5.41, 5.74) is 0.865. The summed E-state index contributed by atoms with van der Waals surface area (Å²) in [5, 5.41) is 6.34. The van der Waals surface area contributed by atoms with E-state index in [0.29, 0.717) is 17.4 Å². The monoisotopic (exact) mass is 274 g/mol. The molecule has 1 heterocycles. The van der Waals surface area contributed by atoms with E-state index in [4.69, 9.17) is 9.47 Å². The number of nitrogens with one attached hydrogen (secondary N) is 2. The molecule has 0 saturated heterocycles. The van der Waals surface area contributed by atoms with E-state index in [1.54, 1.807) is 14.2 Å². The molecule has 20 heavy (non-hydrogen) atoms. The Morgan fingerprint density at radius 3 is 2.60 bits per heavy atom. The van der Waals surface area contributed by atoms with Crippen molar-refractivity contribution in [2.75, 3.05) is 31.4 Å². The van der Waals surface area contributed by atoms with Crippen molar-refractivity contribution in [2.24, 2.45) is 0 Å². The van der Waals surface area contributed by atoms with Crippen molar-refractivity contribution in [3.8, 4) is 11.5 Å². The highest BCUT2D eigenvalue weighted by atomic mass is 16.5. The summed E-state index contributed by atoms with van der Waals surface area (Å²) < 4.78 is 10.6. The minimum absolute atomic E-state index is 0.581. The molecule has 2 aromatic rings. The lowest BCUT2D eigenvalue weighted by atomic mass is 10.3. The van der Waals surface area contributed by atoms with Crippen LogP contribution < -0.4 is 20.1 Å². The van der Waals surface area contributed by atoms with Crippen LogP contribution in [0.1, 0.15) is 6.92 Å². The number of anilines is 3. The van der Waals surface area contributed by atoms with E-state index in [2.05, 4.69) is 20.6 Å². The Hall–Kier alpha value is -2.50. The second-order valence-electron chi connectivity index (χ2n) is 3.99. The van der Waals surface area contributed by atoms with Gasteiger partial charge in [-0.2, -0.15) is 0 Å². The number of ether oxygens (including phenoxy) is 2. The molecule has 0 unspecified atom stereocenters. The van der Waals surface area contributed by atoms with E-state index < -0.39 is 0 Å². The Morgan fingerprint density at radius 2 is 1.90 bits per heavy atom. The minimum Gasteiger partial charge on any atom is -0.497 e. The van der Waals surface area contributed by atoms with Crippen LogP contribution in [0.5, 0.6) is 11.5 Å². The summed E-state index contributed by atoms with van der Waals surface area (Å²) in [6.45, 7) is 2.75. The normalized spacial score (nSPS) is 9.95. The summed E-state index contributed by atoms with van der Waals surface area (Å²) in [6.07, 6.45) is 1.49. The molecule has 2 N–H and O–H groups in total. The Kier molecular flexibility index (Phi) is 4.60. The zero-order chi connectivity index (χ0) is 14.4. The van der Waals surface area contributed by atoms with E-state index in [-0.39, 0.29) is 0 Å². The Morgan fingerprint density at radius 1 is 1.10 bits per heavy atom. The number of rotatable bonds is 6. The average Bonchev–Trinajstić information content (AvgIpc) is 2.48. The third kappa shape index (κ3) is 3.09. The molecule has 0 saturated carbocycles. The summed E-state index contributed by atoms with van der Waals surface area (Å²) in [4.78, 5) is 8.38. The van der Waals surface area contributed by atoms with Crippen LogP contribution in [0.25, 0.3) is 0 Å². The van der Waals surface area contributed by atoms with Crippen molar-refractivity contribution >= 4 is 17.3 Å². The summed E-state index contributed by atoms with van der Waals surface area (Å²) in [6, 6.07) is 7.60. The Balaban J connectivity index is 2.30. The molecule has 0 bridgehead atoms. The van der Waals surface area contributed by atoms with Crippen molar-refractivity contribution < 1.29 is 9.47 Å². The highest BCUT2D eigenvalue weighted by Gasteiger charge is 2.11. The van der Waals surface area contributed by atoms with Crippen molar-refractivity contribution in [1.82, 2.24) is 9.97 Å². The summed E-state index contributed by atoms with van der Waals surface area (Å²) in [7, 11) is 3.23. The van der Waals surface area contributed by atoms with Crippen molar-refractivity contribution in [1.29, 1.82) is 0 Å². The van der Waals surface area contributed by atoms with E-state index in [1.165, 1.54) is 6.33 Å². The van der Waals surface area contributed by atoms with Crippen molar-refractivity contribution in [2.45, 2.75) is 6.92 Å². The second-order valence-corrected chi connectivity index (χ2v) is 3.99. The first-order valence-electron chi connectivity index (χ1n) is 6.32. The highest BCUT2D eigenvalue weighted by Crippen LogP contribution is 2.31. The molecule has 0 aliphatic heterocycles. The third-order valence-electron chi connectivity index (χ3n) is 2.68. The van der Waals surface area contributed by atoms with Crippen LogP contribution in [0.15, 0.2) is 30.6 Å². The molecular formula is C14H18N4O2. The summed E-state index contributed by atoms with van der Waals surface area (Å²) in [5.74, 6) is 2.62. The van der Waals surface area contributed by atoms with Gasteiger partial charge in [0.25, 0.3) is 0 Å². The fourth-order valence-electron chi connectivity index (χ4n) is 1.79. The average molecular weight is 274 g/mol. The number of hydrogen-bond donors (Lipinski definition) is 2. The molecule has 106 valence electrons. The van der Waals surface area contributed by atoms with Gasteiger partial charge >= 0.3 is 0 Å². The van der Waals surface area contributed by atoms with Crippen LogP contribution in [0, 0.1) is 0 Å². The standard InChI is InChI=1S/C14H18N4O2/c1-4-15-13-12(20-3)14(17-9-16-13)18-10-6-5-7-11(8-10)19-2/h5-9H,4H2,1-3H3,(H2,15,16,17,18). The Labute approximate surface area is 118 Å². The van der Waals surface area contributed by atoms with Crippen LogP contribution >= 0.6 is 0 Å². The molecule has 0 aliphatic carbocycles. The van der Waals surface area contributed by atoms with E-state index >= 15 is 0 Å². The maximum absolute atomic E-state index is 5.38. The van der Waals surface area contributed by atoms with Crippen molar-refractivity contribution in [3.63, 3.8) is 0 Å². The number of benzene rings is 1. The lowest BCUT2D eigenvalue weighted by molar-refractivity contribution is 0.414. The molecule has 0 fully saturated rings. The molecular weight excluding hydrogens is 256 g/mol. The fourth-order valence-corrected chi connectivity index (χ4v) is 1.79. The number of methoxy groups -OCH3 is 2. The van der Waals surface area contributed by atoms with Gasteiger partial charge in [-0.15, -0.1) is 0 Å². The highest BCUT2D eigenvalue weighted by molar-refractivity contribution is 5.69. The number of hydrogen-bond acceptors (Lipinski definition) is 6. The molecule has 6 heteroatoms. The van der Waals surface area contributed by atoms with Crippen molar-refractivity contribution in [3.05, 3.63) is 30.6 Å². The van der Waals surface area contributed by atoms with Crippen LogP contribution in [0.3, 0.4) is 0 Å². The van der Waals surface area contributed by atoms with Gasteiger partial charge in [-0.05, 0) is 19.1 Å². The molecule has 0 radical (unpaired) electrons. The quantitative estimate of drug-likeness (QED) is 0.844. The third-order valence-corrected chi connectivity index (χ3v) is 2.68. The molecule has 0 atom stereocenters. The maximum Gasteiger partial charge on any atom is 0.204 e. The minimum atomic E-state index is 0.581. The van der Waals surface area contributed by atoms with Crippen LogP contribution in [0.4, 0.5) is 17.3 Å². The first-order valence-corrected chi connectivity index (χ1v) is 6.32. The predicted molar refractivity (Wildman–Crippen MR) is 79.0 cm³/mol. The first-order chi connectivity index (χ1) is 9.78. The van der Waals surface area contributed by atoms with Gasteiger partial charge in [-0.3, -0.25) is 0 Å². The van der Waals surface area contributed by atoms with Gasteiger partial charge in [0.1, 0.15) is 12.1 Å². The zero-order valence-electron chi connectivity index (χ0n) is 11.8. The fraction of sp³-hybridized carbons (Fsp3) is 0.286. The molecule has 0 spiro atoms. The van der Waals surface area contributed by atoms with Gasteiger partial charge in [0.2, 0.25) is 5.75 Å². The van der Waals surface area contributed by atoms with E-state index in [1.807, 2.05) is 31.2 Å². The molecule has 0 aliphatic rings. The molecule has 1 aromatic heterocycles. The predicted octanol–water partition coefficient (Wildman–Crippen LogP) is 2.67. The first kappa shape index (κ1) is 13.9. The molecule has 2 rings (SSSR count). The number of nitrogens with zero attached hydrogens (tertiary/aromatic N) is 2. The number of aromatic nitrogens is 2. The molecule has 1 aromatic carbocycles. The van der Waals surface area contributed by atoms with Gasteiger partial charge in [-0.1, -0.05) is 6.07 Å². The molecule has 6 nitrogen and oxygen atoms in total. The van der Waals surface area contributed by atoms with Crippen LogP contribution in [-0.4, -0.2) is 30.7 Å². The SMILES string of the molecule is CCNc1ncnc(Nc2cccc(OC)c2)c1OC. The van der Waals surface area contributed by atoms with Gasteiger partial charge in [0.05, 0.1) is 14.2 Å². The van der Waals surface area contributed by atoms with Crippen LogP contribution in [0.2, 0.25) is 0 Å². The van der Waals surface area contributed by atoms with Gasteiger partial charge in [-0.25, -0.2) is 9.97 Å². The van der Waals surface area contributed by atoms with Gasteiger partial charge in [0, 0.05) is 18.3 Å². The Bertz CT molecular complexity index is 575. The molecule has 0 amide bonds. The smallest absolute Gasteiger partial charge is 0.204 e. The van der Waals surface area contributed by atoms with E-state index in [0.717, 1.165) is 18.0 Å². The zero-order valence-corrected chi connectivity index (χ0v) is 11.8.